The monoisotopic (exact) mass is 212 g/mol. The van der Waals surface area contributed by atoms with E-state index in [1.54, 1.807) is 6.20 Å². The molecule has 0 radical (unpaired) electrons. The molecule has 0 saturated carbocycles. The maximum absolute atomic E-state index is 5.92. The Labute approximate surface area is 88.1 Å². The molecular weight excluding hydrogens is 200 g/mol. The summed E-state index contributed by atoms with van der Waals surface area (Å²) in [5.74, 6) is 0.688. The molecule has 1 atom stereocenters. The molecule has 5 heteroatoms. The van der Waals surface area contributed by atoms with Crippen LogP contribution in [0.4, 0.5) is 5.95 Å². The molecule has 0 unspecified atom stereocenters. The van der Waals surface area contributed by atoms with Gasteiger partial charge in [0.2, 0.25) is 5.95 Å². The lowest BCUT2D eigenvalue weighted by molar-refractivity contribution is 0.750. The van der Waals surface area contributed by atoms with Gasteiger partial charge in [-0.15, -0.1) is 0 Å². The molecular formula is C9H13ClN4. The molecule has 1 aromatic heterocycles. The molecule has 76 valence electrons. The van der Waals surface area contributed by atoms with Crippen LogP contribution in [0.25, 0.3) is 0 Å². The molecule has 1 aliphatic heterocycles. The topological polar surface area (TPSA) is 55.0 Å². The summed E-state index contributed by atoms with van der Waals surface area (Å²) in [6.45, 7) is 3.63. The number of hydrogen-bond acceptors (Lipinski definition) is 4. The van der Waals surface area contributed by atoms with E-state index < -0.39 is 0 Å². The summed E-state index contributed by atoms with van der Waals surface area (Å²) in [7, 11) is 0. The molecule has 1 fully saturated rings. The van der Waals surface area contributed by atoms with Gasteiger partial charge in [0.15, 0.2) is 0 Å². The van der Waals surface area contributed by atoms with E-state index in [0.717, 1.165) is 25.1 Å². The number of anilines is 1. The molecule has 1 saturated heterocycles. The van der Waals surface area contributed by atoms with Crippen LogP contribution in [0.3, 0.4) is 0 Å². The Morgan fingerprint density at radius 1 is 1.64 bits per heavy atom. The molecule has 2 N–H and O–H groups in total. The van der Waals surface area contributed by atoms with Gasteiger partial charge < -0.3 is 10.6 Å². The number of aryl methyl sites for hydroxylation is 1. The molecule has 0 spiro atoms. The summed E-state index contributed by atoms with van der Waals surface area (Å²) in [5, 5.41) is 0.524. The number of aromatic nitrogens is 2. The Balaban J connectivity index is 2.20. The van der Waals surface area contributed by atoms with Crippen LogP contribution in [-0.4, -0.2) is 29.1 Å². The van der Waals surface area contributed by atoms with E-state index in [1.165, 1.54) is 0 Å². The quantitative estimate of drug-likeness (QED) is 0.705. The van der Waals surface area contributed by atoms with Crippen molar-refractivity contribution < 1.29 is 0 Å². The van der Waals surface area contributed by atoms with E-state index in [4.69, 9.17) is 17.3 Å². The zero-order valence-corrected chi connectivity index (χ0v) is 8.83. The fourth-order valence-corrected chi connectivity index (χ4v) is 1.66. The average Bonchev–Trinajstić information content (AvgIpc) is 2.57. The van der Waals surface area contributed by atoms with Gasteiger partial charge in [-0.05, 0) is 13.3 Å². The normalized spacial score (nSPS) is 21.6. The van der Waals surface area contributed by atoms with Crippen LogP contribution in [0, 0.1) is 6.92 Å². The van der Waals surface area contributed by atoms with Crippen molar-refractivity contribution in [3.05, 3.63) is 16.9 Å². The van der Waals surface area contributed by atoms with Gasteiger partial charge in [0.1, 0.15) is 5.15 Å². The highest BCUT2D eigenvalue weighted by atomic mass is 35.5. The molecule has 0 amide bonds. The summed E-state index contributed by atoms with van der Waals surface area (Å²) < 4.78 is 0. The van der Waals surface area contributed by atoms with Crippen LogP contribution in [0.15, 0.2) is 6.20 Å². The lowest BCUT2D eigenvalue weighted by Crippen LogP contribution is -2.27. The van der Waals surface area contributed by atoms with E-state index in [-0.39, 0.29) is 6.04 Å². The molecule has 0 aromatic carbocycles. The first kappa shape index (κ1) is 9.68. The Hall–Kier alpha value is -0.870. The number of halogens is 1. The number of nitrogens with two attached hydrogens (primary N) is 1. The molecule has 2 rings (SSSR count). The first-order valence-electron chi connectivity index (χ1n) is 4.66. The summed E-state index contributed by atoms with van der Waals surface area (Å²) in [4.78, 5) is 10.5. The third-order valence-corrected chi connectivity index (χ3v) is 2.79. The first-order valence-corrected chi connectivity index (χ1v) is 5.04. The van der Waals surface area contributed by atoms with E-state index >= 15 is 0 Å². The van der Waals surface area contributed by atoms with Crippen LogP contribution in [0.2, 0.25) is 5.15 Å². The van der Waals surface area contributed by atoms with E-state index in [9.17, 15) is 0 Å². The molecule has 0 aliphatic carbocycles. The SMILES string of the molecule is Cc1cnc(N2CC[C@H](N)C2)nc1Cl. The third kappa shape index (κ3) is 1.81. The minimum Gasteiger partial charge on any atom is -0.339 e. The van der Waals surface area contributed by atoms with Gasteiger partial charge in [-0.25, -0.2) is 9.97 Å². The van der Waals surface area contributed by atoms with Crippen molar-refractivity contribution in [3.8, 4) is 0 Å². The molecule has 1 aliphatic rings. The summed E-state index contributed by atoms with van der Waals surface area (Å²) in [6.07, 6.45) is 2.74. The van der Waals surface area contributed by atoms with Crippen molar-refractivity contribution in [1.82, 2.24) is 9.97 Å². The Morgan fingerprint density at radius 2 is 2.43 bits per heavy atom. The van der Waals surface area contributed by atoms with Crippen LogP contribution < -0.4 is 10.6 Å². The fraction of sp³-hybridized carbons (Fsp3) is 0.556. The molecule has 0 bridgehead atoms. The van der Waals surface area contributed by atoms with Gasteiger partial charge >= 0.3 is 0 Å². The van der Waals surface area contributed by atoms with Gasteiger partial charge in [0, 0.05) is 30.9 Å². The molecule has 4 nitrogen and oxygen atoms in total. The zero-order chi connectivity index (χ0) is 10.1. The van der Waals surface area contributed by atoms with Crippen LogP contribution >= 0.6 is 11.6 Å². The van der Waals surface area contributed by atoms with Gasteiger partial charge in [-0.2, -0.15) is 0 Å². The van der Waals surface area contributed by atoms with E-state index in [1.807, 2.05) is 6.92 Å². The number of rotatable bonds is 1. The summed E-state index contributed by atoms with van der Waals surface area (Å²) in [6, 6.07) is 0.235. The van der Waals surface area contributed by atoms with Gasteiger partial charge in [-0.1, -0.05) is 11.6 Å². The molecule has 1 aromatic rings. The van der Waals surface area contributed by atoms with Crippen molar-refractivity contribution >= 4 is 17.5 Å². The van der Waals surface area contributed by atoms with Crippen molar-refractivity contribution in [3.63, 3.8) is 0 Å². The van der Waals surface area contributed by atoms with Crippen molar-refractivity contribution in [2.75, 3.05) is 18.0 Å². The predicted molar refractivity (Wildman–Crippen MR) is 56.6 cm³/mol. The second-order valence-electron chi connectivity index (χ2n) is 3.64. The highest BCUT2D eigenvalue weighted by Crippen LogP contribution is 2.18. The van der Waals surface area contributed by atoms with Crippen molar-refractivity contribution in [2.45, 2.75) is 19.4 Å². The number of hydrogen-bond donors (Lipinski definition) is 1. The second kappa shape index (κ2) is 3.71. The van der Waals surface area contributed by atoms with E-state index in [2.05, 4.69) is 14.9 Å². The predicted octanol–water partition coefficient (Wildman–Crippen LogP) is 0.976. The summed E-state index contributed by atoms with van der Waals surface area (Å²) in [5.41, 5.74) is 6.70. The standard InChI is InChI=1S/C9H13ClN4/c1-6-4-12-9(13-8(6)10)14-3-2-7(11)5-14/h4,7H,2-3,5,11H2,1H3/t7-/m0/s1. The minimum atomic E-state index is 0.235. The maximum atomic E-state index is 5.92. The highest BCUT2D eigenvalue weighted by molar-refractivity contribution is 6.30. The Morgan fingerprint density at radius 3 is 3.00 bits per heavy atom. The van der Waals surface area contributed by atoms with Gasteiger partial charge in [-0.3, -0.25) is 0 Å². The Bertz CT molecular complexity index is 342. The average molecular weight is 213 g/mol. The fourth-order valence-electron chi connectivity index (χ4n) is 1.53. The largest absolute Gasteiger partial charge is 0.339 e. The van der Waals surface area contributed by atoms with Crippen LogP contribution in [0.1, 0.15) is 12.0 Å². The van der Waals surface area contributed by atoms with Crippen LogP contribution in [-0.2, 0) is 0 Å². The third-order valence-electron chi connectivity index (χ3n) is 2.40. The zero-order valence-electron chi connectivity index (χ0n) is 8.07. The van der Waals surface area contributed by atoms with Crippen LogP contribution in [0.5, 0.6) is 0 Å². The smallest absolute Gasteiger partial charge is 0.226 e. The lowest BCUT2D eigenvalue weighted by atomic mass is 10.3. The number of nitrogens with zero attached hydrogens (tertiary/aromatic N) is 3. The Kier molecular flexibility index (Phi) is 2.56. The van der Waals surface area contributed by atoms with E-state index in [0.29, 0.717) is 11.1 Å². The molecule has 14 heavy (non-hydrogen) atoms. The maximum Gasteiger partial charge on any atom is 0.226 e. The lowest BCUT2D eigenvalue weighted by Gasteiger charge is -2.15. The highest BCUT2D eigenvalue weighted by Gasteiger charge is 2.21. The van der Waals surface area contributed by atoms with Crippen molar-refractivity contribution in [2.24, 2.45) is 5.73 Å². The van der Waals surface area contributed by atoms with Gasteiger partial charge in [0.25, 0.3) is 0 Å². The summed E-state index contributed by atoms with van der Waals surface area (Å²) >= 11 is 5.92. The van der Waals surface area contributed by atoms with Crippen molar-refractivity contribution in [1.29, 1.82) is 0 Å². The second-order valence-corrected chi connectivity index (χ2v) is 4.00. The molecule has 2 heterocycles. The van der Waals surface area contributed by atoms with Gasteiger partial charge in [0.05, 0.1) is 0 Å². The first-order chi connectivity index (χ1) is 6.66. The minimum absolute atomic E-state index is 0.235.